The van der Waals surface area contributed by atoms with Gasteiger partial charge in [-0.2, -0.15) is 0 Å². The molecule has 0 bridgehead atoms. The first-order chi connectivity index (χ1) is 13.4. The number of halogens is 2. The van der Waals surface area contributed by atoms with Crippen molar-refractivity contribution >= 4 is 11.6 Å². The highest BCUT2D eigenvalue weighted by atomic mass is 19.1. The van der Waals surface area contributed by atoms with E-state index in [9.17, 15) is 13.6 Å². The lowest BCUT2D eigenvalue weighted by atomic mass is 10.1. The van der Waals surface area contributed by atoms with E-state index in [2.05, 4.69) is 11.8 Å². The van der Waals surface area contributed by atoms with Crippen LogP contribution in [0, 0.1) is 11.6 Å². The molecule has 4 nitrogen and oxygen atoms in total. The topological polar surface area (TPSA) is 49.6 Å². The minimum Gasteiger partial charge on any atom is -0.399 e. The Balaban J connectivity index is 2.03. The summed E-state index contributed by atoms with van der Waals surface area (Å²) >= 11 is 0. The number of amides is 1. The van der Waals surface area contributed by atoms with Gasteiger partial charge in [-0.25, -0.2) is 8.78 Å². The Hall–Kier alpha value is -2.47. The standard InChI is InChI=1S/C22H29F2N3O/c1-3-5-10-27(22(28)18-6-8-21(25)9-7-18)12-11-26(4-2)16-17-13-19(23)15-20(24)14-17/h6-9,13-15H,3-5,10-12,16,25H2,1-2H3. The lowest BCUT2D eigenvalue weighted by molar-refractivity contribution is 0.0732. The number of unbranched alkanes of at least 4 members (excludes halogenated alkanes) is 1. The summed E-state index contributed by atoms with van der Waals surface area (Å²) in [5.41, 5.74) is 7.53. The molecule has 0 aliphatic heterocycles. The molecule has 6 heteroatoms. The number of carbonyl (C=O) groups is 1. The number of carbonyl (C=O) groups excluding carboxylic acids is 1. The molecule has 0 aromatic heterocycles. The predicted molar refractivity (Wildman–Crippen MR) is 109 cm³/mol. The van der Waals surface area contributed by atoms with Crippen LogP contribution in [0.15, 0.2) is 42.5 Å². The van der Waals surface area contributed by atoms with E-state index in [1.165, 1.54) is 12.1 Å². The summed E-state index contributed by atoms with van der Waals surface area (Å²) in [5, 5.41) is 0. The van der Waals surface area contributed by atoms with Crippen LogP contribution in [0.3, 0.4) is 0 Å². The van der Waals surface area contributed by atoms with Gasteiger partial charge in [0.1, 0.15) is 11.6 Å². The van der Waals surface area contributed by atoms with Crippen molar-refractivity contribution < 1.29 is 13.6 Å². The zero-order valence-corrected chi connectivity index (χ0v) is 16.6. The number of rotatable bonds is 10. The molecule has 0 aliphatic rings. The van der Waals surface area contributed by atoms with Crippen molar-refractivity contribution in [1.29, 1.82) is 0 Å². The number of nitrogens with two attached hydrogens (primary N) is 1. The number of anilines is 1. The monoisotopic (exact) mass is 389 g/mol. The van der Waals surface area contributed by atoms with E-state index in [-0.39, 0.29) is 5.91 Å². The summed E-state index contributed by atoms with van der Waals surface area (Å²) in [7, 11) is 0. The molecule has 2 N–H and O–H groups in total. The number of nitrogen functional groups attached to an aromatic ring is 1. The highest BCUT2D eigenvalue weighted by Crippen LogP contribution is 2.13. The van der Waals surface area contributed by atoms with Gasteiger partial charge in [-0.05, 0) is 54.9 Å². The molecular formula is C22H29F2N3O. The summed E-state index contributed by atoms with van der Waals surface area (Å²) < 4.78 is 26.9. The Labute approximate surface area is 165 Å². The highest BCUT2D eigenvalue weighted by Gasteiger charge is 2.16. The minimum absolute atomic E-state index is 0.0266. The van der Waals surface area contributed by atoms with Gasteiger partial charge in [-0.1, -0.05) is 20.3 Å². The molecule has 0 spiro atoms. The average molecular weight is 389 g/mol. The van der Waals surface area contributed by atoms with Crippen LogP contribution in [0.1, 0.15) is 42.6 Å². The molecule has 0 saturated heterocycles. The van der Waals surface area contributed by atoms with Crippen molar-refractivity contribution in [1.82, 2.24) is 9.80 Å². The summed E-state index contributed by atoms with van der Waals surface area (Å²) in [6.45, 7) is 7.08. The molecule has 0 aliphatic carbocycles. The number of benzene rings is 2. The van der Waals surface area contributed by atoms with Gasteiger partial charge in [0.2, 0.25) is 0 Å². The van der Waals surface area contributed by atoms with Crippen molar-refractivity contribution in [3.05, 3.63) is 65.2 Å². The maximum absolute atomic E-state index is 13.4. The van der Waals surface area contributed by atoms with Crippen LogP contribution >= 0.6 is 0 Å². The Morgan fingerprint density at radius 1 is 0.964 bits per heavy atom. The quantitative estimate of drug-likeness (QED) is 0.616. The Morgan fingerprint density at radius 2 is 1.61 bits per heavy atom. The first kappa shape index (κ1) is 21.8. The van der Waals surface area contributed by atoms with Gasteiger partial charge >= 0.3 is 0 Å². The molecular weight excluding hydrogens is 360 g/mol. The van der Waals surface area contributed by atoms with Gasteiger partial charge in [0.15, 0.2) is 0 Å². The maximum atomic E-state index is 13.4. The number of hydrogen-bond donors (Lipinski definition) is 1. The number of likely N-dealkylation sites (N-methyl/N-ethyl adjacent to an activating group) is 1. The van der Waals surface area contributed by atoms with Gasteiger partial charge in [0.25, 0.3) is 5.91 Å². The molecule has 0 radical (unpaired) electrons. The van der Waals surface area contributed by atoms with Gasteiger partial charge in [-0.15, -0.1) is 0 Å². The van der Waals surface area contributed by atoms with Gasteiger partial charge in [-0.3, -0.25) is 9.69 Å². The van der Waals surface area contributed by atoms with Crippen LogP contribution in [-0.4, -0.2) is 41.9 Å². The van der Waals surface area contributed by atoms with Gasteiger partial charge in [0, 0.05) is 43.5 Å². The molecule has 2 aromatic rings. The molecule has 0 unspecified atom stereocenters. The molecule has 0 atom stereocenters. The molecule has 152 valence electrons. The summed E-state index contributed by atoms with van der Waals surface area (Å²) in [6.07, 6.45) is 1.91. The second kappa shape index (κ2) is 10.8. The molecule has 0 fully saturated rings. The van der Waals surface area contributed by atoms with Crippen molar-refractivity contribution in [2.24, 2.45) is 0 Å². The first-order valence-corrected chi connectivity index (χ1v) is 9.75. The van der Waals surface area contributed by atoms with Crippen molar-refractivity contribution in [2.45, 2.75) is 33.2 Å². The van der Waals surface area contributed by atoms with Crippen molar-refractivity contribution in [3.8, 4) is 0 Å². The molecule has 1 amide bonds. The van der Waals surface area contributed by atoms with Crippen molar-refractivity contribution in [3.63, 3.8) is 0 Å². The lowest BCUT2D eigenvalue weighted by Crippen LogP contribution is -2.39. The summed E-state index contributed by atoms with van der Waals surface area (Å²) in [5.74, 6) is -1.18. The van der Waals surface area contributed by atoms with Gasteiger partial charge in [0.05, 0.1) is 0 Å². The van der Waals surface area contributed by atoms with E-state index >= 15 is 0 Å². The number of nitrogens with zero attached hydrogens (tertiary/aromatic N) is 2. The van der Waals surface area contributed by atoms with Gasteiger partial charge < -0.3 is 10.6 Å². The predicted octanol–water partition coefficient (Wildman–Crippen LogP) is 4.31. The molecule has 2 aromatic carbocycles. The Kier molecular flexibility index (Phi) is 8.39. The van der Waals surface area contributed by atoms with Crippen LogP contribution in [0.25, 0.3) is 0 Å². The largest absolute Gasteiger partial charge is 0.399 e. The minimum atomic E-state index is -0.575. The fourth-order valence-corrected chi connectivity index (χ4v) is 3.04. The lowest BCUT2D eigenvalue weighted by Gasteiger charge is -2.27. The third-order valence-electron chi connectivity index (χ3n) is 4.69. The zero-order chi connectivity index (χ0) is 20.5. The van der Waals surface area contributed by atoms with Crippen LogP contribution in [0.2, 0.25) is 0 Å². The highest BCUT2D eigenvalue weighted by molar-refractivity contribution is 5.94. The van der Waals surface area contributed by atoms with E-state index in [1.54, 1.807) is 24.3 Å². The smallest absolute Gasteiger partial charge is 0.253 e. The molecule has 28 heavy (non-hydrogen) atoms. The van der Waals surface area contributed by atoms with Crippen LogP contribution < -0.4 is 5.73 Å². The van der Waals surface area contributed by atoms with E-state index in [0.717, 1.165) is 25.5 Å². The first-order valence-electron chi connectivity index (χ1n) is 9.75. The summed E-state index contributed by atoms with van der Waals surface area (Å²) in [4.78, 5) is 16.8. The third kappa shape index (κ3) is 6.60. The fourth-order valence-electron chi connectivity index (χ4n) is 3.04. The molecule has 2 rings (SSSR count). The Morgan fingerprint density at radius 3 is 2.18 bits per heavy atom. The average Bonchev–Trinajstić information content (AvgIpc) is 2.66. The van der Waals surface area contributed by atoms with E-state index < -0.39 is 11.6 Å². The van der Waals surface area contributed by atoms with Crippen LogP contribution in [-0.2, 0) is 6.54 Å². The maximum Gasteiger partial charge on any atom is 0.253 e. The van der Waals surface area contributed by atoms with E-state index in [0.29, 0.717) is 43.0 Å². The number of hydrogen-bond acceptors (Lipinski definition) is 3. The summed E-state index contributed by atoms with van der Waals surface area (Å²) in [6, 6.07) is 10.5. The molecule has 0 saturated carbocycles. The van der Waals surface area contributed by atoms with Crippen molar-refractivity contribution in [2.75, 3.05) is 31.9 Å². The molecule has 0 heterocycles. The third-order valence-corrected chi connectivity index (χ3v) is 4.69. The van der Waals surface area contributed by atoms with Crippen LogP contribution in [0.5, 0.6) is 0 Å². The SMILES string of the molecule is CCCCN(CCN(CC)Cc1cc(F)cc(F)c1)C(=O)c1ccc(N)cc1. The van der Waals surface area contributed by atoms with E-state index in [1.807, 2.05) is 11.8 Å². The second-order valence-corrected chi connectivity index (χ2v) is 6.91. The van der Waals surface area contributed by atoms with E-state index in [4.69, 9.17) is 5.73 Å². The Bertz CT molecular complexity index is 745. The van der Waals surface area contributed by atoms with Crippen LogP contribution in [0.4, 0.5) is 14.5 Å². The fraction of sp³-hybridized carbons (Fsp3) is 0.409. The second-order valence-electron chi connectivity index (χ2n) is 6.91. The zero-order valence-electron chi connectivity index (χ0n) is 16.6. The normalized spacial score (nSPS) is 11.0.